The van der Waals surface area contributed by atoms with Crippen molar-refractivity contribution in [1.82, 2.24) is 10.3 Å². The number of rotatable bonds is 3. The number of hydrogen-bond donors (Lipinski definition) is 1. The molecule has 0 aliphatic carbocycles. The predicted octanol–water partition coefficient (Wildman–Crippen LogP) is 2.71. The molecule has 1 aromatic heterocycles. The Labute approximate surface area is 98.5 Å². The van der Waals surface area contributed by atoms with Crippen LogP contribution in [0.4, 0.5) is 0 Å². The van der Waals surface area contributed by atoms with Crippen molar-refractivity contribution in [3.05, 3.63) is 29.6 Å². The molecule has 1 aliphatic heterocycles. The fourth-order valence-corrected chi connectivity index (χ4v) is 2.70. The molecule has 2 heterocycles. The summed E-state index contributed by atoms with van der Waals surface area (Å²) in [6.07, 6.45) is 7.61. The lowest BCUT2D eigenvalue weighted by Gasteiger charge is -2.34. The Balaban J connectivity index is 2.21. The van der Waals surface area contributed by atoms with Crippen LogP contribution in [0.15, 0.2) is 18.5 Å². The van der Waals surface area contributed by atoms with Gasteiger partial charge in [-0.2, -0.15) is 0 Å². The number of nitrogens with one attached hydrogen (secondary N) is 1. The zero-order valence-corrected chi connectivity index (χ0v) is 10.6. The van der Waals surface area contributed by atoms with Gasteiger partial charge in [0, 0.05) is 17.9 Å². The van der Waals surface area contributed by atoms with Gasteiger partial charge < -0.3 is 5.32 Å². The van der Waals surface area contributed by atoms with Gasteiger partial charge in [0.2, 0.25) is 0 Å². The first kappa shape index (κ1) is 11.6. The van der Waals surface area contributed by atoms with Crippen LogP contribution in [-0.4, -0.2) is 17.1 Å². The first-order chi connectivity index (χ1) is 7.64. The topological polar surface area (TPSA) is 24.9 Å². The molecule has 2 heteroatoms. The number of aromatic nitrogens is 1. The molecule has 0 saturated carbocycles. The van der Waals surface area contributed by atoms with Gasteiger partial charge in [0.1, 0.15) is 0 Å². The zero-order chi connectivity index (χ0) is 11.6. The fraction of sp³-hybridized carbons (Fsp3) is 0.643. The third kappa shape index (κ3) is 2.12. The maximum Gasteiger partial charge on any atom is 0.0303 e. The Morgan fingerprint density at radius 1 is 1.50 bits per heavy atom. The molecule has 1 fully saturated rings. The Morgan fingerprint density at radius 3 is 2.88 bits per heavy atom. The van der Waals surface area contributed by atoms with Crippen molar-refractivity contribution in [3.63, 3.8) is 0 Å². The second-order valence-corrected chi connectivity index (χ2v) is 5.32. The van der Waals surface area contributed by atoms with E-state index in [9.17, 15) is 0 Å². The van der Waals surface area contributed by atoms with Crippen molar-refractivity contribution < 1.29 is 0 Å². The quantitative estimate of drug-likeness (QED) is 0.843. The second kappa shape index (κ2) is 4.54. The first-order valence-electron chi connectivity index (χ1n) is 6.28. The standard InChI is InChI=1S/C14H22N2/c1-11(2)14(6-4-7-16-14)9-13-10-15-8-5-12(13)3/h5,8,10-11,16H,4,6-7,9H2,1-3H3. The minimum absolute atomic E-state index is 0.299. The molecule has 0 radical (unpaired) electrons. The normalized spacial score (nSPS) is 25.2. The van der Waals surface area contributed by atoms with Gasteiger partial charge in [-0.15, -0.1) is 0 Å². The maximum absolute atomic E-state index is 4.25. The third-order valence-corrected chi connectivity index (χ3v) is 4.04. The second-order valence-electron chi connectivity index (χ2n) is 5.32. The van der Waals surface area contributed by atoms with E-state index in [0.717, 1.165) is 13.0 Å². The van der Waals surface area contributed by atoms with Gasteiger partial charge in [-0.05, 0) is 55.8 Å². The molecule has 0 amide bonds. The van der Waals surface area contributed by atoms with Crippen molar-refractivity contribution in [1.29, 1.82) is 0 Å². The van der Waals surface area contributed by atoms with Crippen molar-refractivity contribution in [2.45, 2.75) is 45.6 Å². The minimum Gasteiger partial charge on any atom is -0.311 e. The average Bonchev–Trinajstić information content (AvgIpc) is 2.71. The van der Waals surface area contributed by atoms with Crippen LogP contribution in [0, 0.1) is 12.8 Å². The van der Waals surface area contributed by atoms with E-state index in [1.807, 2.05) is 12.4 Å². The Morgan fingerprint density at radius 2 is 2.31 bits per heavy atom. The molecule has 0 spiro atoms. The van der Waals surface area contributed by atoms with Crippen LogP contribution in [0.25, 0.3) is 0 Å². The first-order valence-corrected chi connectivity index (χ1v) is 6.28. The fourth-order valence-electron chi connectivity index (χ4n) is 2.70. The lowest BCUT2D eigenvalue weighted by molar-refractivity contribution is 0.269. The van der Waals surface area contributed by atoms with Crippen LogP contribution >= 0.6 is 0 Å². The summed E-state index contributed by atoms with van der Waals surface area (Å²) in [7, 11) is 0. The average molecular weight is 218 g/mol. The van der Waals surface area contributed by atoms with Crippen LogP contribution in [0.3, 0.4) is 0 Å². The van der Waals surface area contributed by atoms with Crippen LogP contribution < -0.4 is 5.32 Å². The van der Waals surface area contributed by atoms with Crippen molar-refractivity contribution in [2.75, 3.05) is 6.54 Å². The van der Waals surface area contributed by atoms with Gasteiger partial charge in [-0.3, -0.25) is 4.98 Å². The summed E-state index contributed by atoms with van der Waals surface area (Å²) in [5.74, 6) is 0.676. The van der Waals surface area contributed by atoms with E-state index in [1.54, 1.807) is 0 Å². The molecule has 1 aliphatic rings. The molecule has 16 heavy (non-hydrogen) atoms. The SMILES string of the molecule is Cc1ccncc1CC1(C(C)C)CCCN1. The van der Waals surface area contributed by atoms with Gasteiger partial charge in [0.15, 0.2) is 0 Å². The van der Waals surface area contributed by atoms with Crippen LogP contribution in [0.5, 0.6) is 0 Å². The summed E-state index contributed by atoms with van der Waals surface area (Å²) >= 11 is 0. The predicted molar refractivity (Wildman–Crippen MR) is 67.5 cm³/mol. The Kier molecular flexibility index (Phi) is 3.29. The molecular formula is C14H22N2. The highest BCUT2D eigenvalue weighted by atomic mass is 15.0. The van der Waals surface area contributed by atoms with Crippen molar-refractivity contribution in [3.8, 4) is 0 Å². The summed E-state index contributed by atoms with van der Waals surface area (Å²) in [4.78, 5) is 4.25. The number of pyridine rings is 1. The molecule has 1 unspecified atom stereocenters. The lowest BCUT2D eigenvalue weighted by atomic mass is 9.79. The highest BCUT2D eigenvalue weighted by Gasteiger charge is 2.36. The highest BCUT2D eigenvalue weighted by molar-refractivity contribution is 5.24. The van der Waals surface area contributed by atoms with Gasteiger partial charge in [0.25, 0.3) is 0 Å². The lowest BCUT2D eigenvalue weighted by Crippen LogP contribution is -2.46. The molecule has 1 saturated heterocycles. The Bertz CT molecular complexity index is 352. The number of aryl methyl sites for hydroxylation is 1. The van der Waals surface area contributed by atoms with Crippen molar-refractivity contribution in [2.24, 2.45) is 5.92 Å². The number of hydrogen-bond acceptors (Lipinski definition) is 2. The van der Waals surface area contributed by atoms with Crippen molar-refractivity contribution >= 4 is 0 Å². The molecule has 1 atom stereocenters. The molecule has 2 nitrogen and oxygen atoms in total. The largest absolute Gasteiger partial charge is 0.311 e. The molecule has 1 N–H and O–H groups in total. The van der Waals surface area contributed by atoms with Crippen LogP contribution in [0.1, 0.15) is 37.8 Å². The number of nitrogens with zero attached hydrogens (tertiary/aromatic N) is 1. The van der Waals surface area contributed by atoms with Crippen LogP contribution in [0.2, 0.25) is 0 Å². The smallest absolute Gasteiger partial charge is 0.0303 e. The highest BCUT2D eigenvalue weighted by Crippen LogP contribution is 2.31. The Hall–Kier alpha value is -0.890. The monoisotopic (exact) mass is 218 g/mol. The van der Waals surface area contributed by atoms with E-state index in [-0.39, 0.29) is 0 Å². The van der Waals surface area contributed by atoms with Gasteiger partial charge in [-0.25, -0.2) is 0 Å². The third-order valence-electron chi connectivity index (χ3n) is 4.04. The van der Waals surface area contributed by atoms with E-state index in [4.69, 9.17) is 0 Å². The molecular weight excluding hydrogens is 196 g/mol. The summed E-state index contributed by atoms with van der Waals surface area (Å²) < 4.78 is 0. The van der Waals surface area contributed by atoms with E-state index >= 15 is 0 Å². The van der Waals surface area contributed by atoms with Crippen LogP contribution in [-0.2, 0) is 6.42 Å². The van der Waals surface area contributed by atoms with E-state index in [1.165, 1.54) is 24.0 Å². The van der Waals surface area contributed by atoms with E-state index in [0.29, 0.717) is 11.5 Å². The zero-order valence-electron chi connectivity index (χ0n) is 10.6. The summed E-state index contributed by atoms with van der Waals surface area (Å²) in [6.45, 7) is 7.99. The molecule has 1 aromatic rings. The minimum atomic E-state index is 0.299. The van der Waals surface area contributed by atoms with E-state index in [2.05, 4.69) is 37.1 Å². The van der Waals surface area contributed by atoms with E-state index < -0.39 is 0 Å². The molecule has 0 aromatic carbocycles. The van der Waals surface area contributed by atoms with Gasteiger partial charge >= 0.3 is 0 Å². The maximum atomic E-state index is 4.25. The molecule has 88 valence electrons. The summed E-state index contributed by atoms with van der Waals surface area (Å²) in [6, 6.07) is 2.11. The summed E-state index contributed by atoms with van der Waals surface area (Å²) in [5, 5.41) is 3.72. The summed E-state index contributed by atoms with van der Waals surface area (Å²) in [5.41, 5.74) is 3.06. The van der Waals surface area contributed by atoms with Gasteiger partial charge in [-0.1, -0.05) is 13.8 Å². The molecule has 2 rings (SSSR count). The van der Waals surface area contributed by atoms with Gasteiger partial charge in [0.05, 0.1) is 0 Å². The molecule has 0 bridgehead atoms.